The van der Waals surface area contributed by atoms with Gasteiger partial charge in [0, 0.05) is 36.3 Å². The fraction of sp³-hybridized carbons (Fsp3) is 0.400. The van der Waals surface area contributed by atoms with Crippen LogP contribution in [0.3, 0.4) is 0 Å². The zero-order chi connectivity index (χ0) is 12.5. The minimum absolute atomic E-state index is 0.00102. The molecule has 0 amide bonds. The van der Waals surface area contributed by atoms with Crippen molar-refractivity contribution >= 4 is 10.8 Å². The summed E-state index contributed by atoms with van der Waals surface area (Å²) in [6, 6.07) is 8.27. The van der Waals surface area contributed by atoms with E-state index in [4.69, 9.17) is 10.5 Å². The number of hydrogen-bond acceptors (Lipinski definition) is 3. The first kappa shape index (κ1) is 11.6. The predicted octanol–water partition coefficient (Wildman–Crippen LogP) is 2.66. The van der Waals surface area contributed by atoms with Crippen molar-refractivity contribution in [2.75, 3.05) is 6.61 Å². The van der Waals surface area contributed by atoms with Gasteiger partial charge in [-0.05, 0) is 24.3 Å². The van der Waals surface area contributed by atoms with Crippen LogP contribution in [0.2, 0.25) is 0 Å². The molecule has 3 rings (SSSR count). The molecule has 0 bridgehead atoms. The van der Waals surface area contributed by atoms with Crippen molar-refractivity contribution in [1.82, 2.24) is 4.98 Å². The molecule has 2 aromatic rings. The molecular weight excluding hydrogens is 224 g/mol. The predicted molar refractivity (Wildman–Crippen MR) is 72.2 cm³/mol. The van der Waals surface area contributed by atoms with E-state index >= 15 is 0 Å². The largest absolute Gasteiger partial charge is 0.378 e. The van der Waals surface area contributed by atoms with Gasteiger partial charge in [0.05, 0.1) is 6.10 Å². The van der Waals surface area contributed by atoms with Crippen molar-refractivity contribution in [3.8, 4) is 0 Å². The van der Waals surface area contributed by atoms with Crippen molar-refractivity contribution in [1.29, 1.82) is 0 Å². The highest BCUT2D eigenvalue weighted by Gasteiger charge is 2.31. The number of fused-ring (bicyclic) bond motifs is 1. The molecular formula is C15H18N2O. The first-order valence-electron chi connectivity index (χ1n) is 6.47. The molecule has 3 nitrogen and oxygen atoms in total. The van der Waals surface area contributed by atoms with Crippen LogP contribution < -0.4 is 5.73 Å². The zero-order valence-electron chi connectivity index (χ0n) is 10.5. The molecule has 94 valence electrons. The molecule has 1 aromatic carbocycles. The van der Waals surface area contributed by atoms with Crippen molar-refractivity contribution < 1.29 is 4.74 Å². The number of hydrogen-bond donors (Lipinski definition) is 1. The number of nitrogens with two attached hydrogens (primary N) is 1. The number of benzene rings is 1. The van der Waals surface area contributed by atoms with Crippen LogP contribution in [0.4, 0.5) is 0 Å². The van der Waals surface area contributed by atoms with E-state index in [0.717, 1.165) is 24.0 Å². The Morgan fingerprint density at radius 3 is 2.94 bits per heavy atom. The van der Waals surface area contributed by atoms with Crippen molar-refractivity contribution in [2.24, 2.45) is 11.7 Å². The first-order valence-corrected chi connectivity index (χ1v) is 6.47. The molecule has 18 heavy (non-hydrogen) atoms. The molecule has 3 atom stereocenters. The summed E-state index contributed by atoms with van der Waals surface area (Å²) in [4.78, 5) is 4.31. The number of aromatic nitrogens is 1. The third kappa shape index (κ3) is 1.89. The lowest BCUT2D eigenvalue weighted by molar-refractivity contribution is 0.0996. The van der Waals surface area contributed by atoms with Crippen LogP contribution in [0.15, 0.2) is 36.7 Å². The second-order valence-corrected chi connectivity index (χ2v) is 5.00. The summed E-state index contributed by atoms with van der Waals surface area (Å²) in [5.74, 6) is 0.387. The van der Waals surface area contributed by atoms with Crippen LogP contribution >= 0.6 is 0 Å². The summed E-state index contributed by atoms with van der Waals surface area (Å²) in [7, 11) is 0. The Bertz CT molecular complexity index is 550. The Balaban J connectivity index is 2.03. The van der Waals surface area contributed by atoms with Crippen LogP contribution in [-0.2, 0) is 4.74 Å². The average molecular weight is 242 g/mol. The monoisotopic (exact) mass is 242 g/mol. The second kappa shape index (κ2) is 4.67. The van der Waals surface area contributed by atoms with Gasteiger partial charge in [-0.3, -0.25) is 4.98 Å². The van der Waals surface area contributed by atoms with Gasteiger partial charge in [-0.2, -0.15) is 0 Å². The van der Waals surface area contributed by atoms with E-state index in [0.29, 0.717) is 5.92 Å². The maximum Gasteiger partial charge on any atom is 0.0594 e. The fourth-order valence-corrected chi connectivity index (χ4v) is 2.86. The zero-order valence-corrected chi connectivity index (χ0v) is 10.5. The van der Waals surface area contributed by atoms with Crippen LogP contribution in [0.25, 0.3) is 10.8 Å². The van der Waals surface area contributed by atoms with Crippen molar-refractivity contribution in [3.63, 3.8) is 0 Å². The quantitative estimate of drug-likeness (QED) is 0.880. The minimum Gasteiger partial charge on any atom is -0.378 e. The molecule has 0 aliphatic carbocycles. The SMILES string of the molecule is CC1OCCC1C(N)c1cncc2ccccc12. The third-order valence-corrected chi connectivity index (χ3v) is 3.95. The highest BCUT2D eigenvalue weighted by Crippen LogP contribution is 2.34. The van der Waals surface area contributed by atoms with Gasteiger partial charge in [-0.15, -0.1) is 0 Å². The second-order valence-electron chi connectivity index (χ2n) is 5.00. The van der Waals surface area contributed by atoms with Gasteiger partial charge in [0.1, 0.15) is 0 Å². The fourth-order valence-electron chi connectivity index (χ4n) is 2.86. The molecule has 0 radical (unpaired) electrons. The third-order valence-electron chi connectivity index (χ3n) is 3.95. The van der Waals surface area contributed by atoms with E-state index in [-0.39, 0.29) is 12.1 Å². The van der Waals surface area contributed by atoms with Crippen molar-refractivity contribution in [3.05, 3.63) is 42.2 Å². The minimum atomic E-state index is 0.00102. The van der Waals surface area contributed by atoms with E-state index in [1.807, 2.05) is 24.5 Å². The van der Waals surface area contributed by atoms with Crippen LogP contribution in [-0.4, -0.2) is 17.7 Å². The maximum absolute atomic E-state index is 6.44. The lowest BCUT2D eigenvalue weighted by atomic mass is 9.88. The molecule has 1 aliphatic rings. The number of pyridine rings is 1. The summed E-state index contributed by atoms with van der Waals surface area (Å²) in [5, 5.41) is 2.36. The van der Waals surface area contributed by atoms with Gasteiger partial charge in [0.25, 0.3) is 0 Å². The number of nitrogens with zero attached hydrogens (tertiary/aromatic N) is 1. The summed E-state index contributed by atoms with van der Waals surface area (Å²) in [6.45, 7) is 2.92. The van der Waals surface area contributed by atoms with Gasteiger partial charge < -0.3 is 10.5 Å². The van der Waals surface area contributed by atoms with E-state index in [2.05, 4.69) is 24.0 Å². The molecule has 0 saturated carbocycles. The molecule has 1 aromatic heterocycles. The highest BCUT2D eigenvalue weighted by atomic mass is 16.5. The maximum atomic E-state index is 6.44. The summed E-state index contributed by atoms with van der Waals surface area (Å²) in [5.41, 5.74) is 7.57. The summed E-state index contributed by atoms with van der Waals surface area (Å²) in [6.07, 6.45) is 5.06. The lowest BCUT2D eigenvalue weighted by Crippen LogP contribution is -2.26. The Morgan fingerprint density at radius 2 is 2.17 bits per heavy atom. The van der Waals surface area contributed by atoms with E-state index < -0.39 is 0 Å². The van der Waals surface area contributed by atoms with Crippen LogP contribution in [0.1, 0.15) is 24.9 Å². The Kier molecular flexibility index (Phi) is 3.02. The van der Waals surface area contributed by atoms with Gasteiger partial charge in [0.2, 0.25) is 0 Å². The molecule has 3 unspecified atom stereocenters. The van der Waals surface area contributed by atoms with Gasteiger partial charge in [-0.25, -0.2) is 0 Å². The van der Waals surface area contributed by atoms with Crippen LogP contribution in [0, 0.1) is 5.92 Å². The molecule has 1 aliphatic heterocycles. The Morgan fingerprint density at radius 1 is 1.33 bits per heavy atom. The smallest absolute Gasteiger partial charge is 0.0594 e. The number of rotatable bonds is 2. The van der Waals surface area contributed by atoms with Gasteiger partial charge in [0.15, 0.2) is 0 Å². The molecule has 3 heteroatoms. The van der Waals surface area contributed by atoms with E-state index in [1.54, 1.807) is 0 Å². The van der Waals surface area contributed by atoms with E-state index in [9.17, 15) is 0 Å². The topological polar surface area (TPSA) is 48.1 Å². The normalized spacial score (nSPS) is 25.4. The van der Waals surface area contributed by atoms with Gasteiger partial charge >= 0.3 is 0 Å². The van der Waals surface area contributed by atoms with E-state index in [1.165, 1.54) is 5.39 Å². The average Bonchev–Trinajstić information content (AvgIpc) is 2.83. The Hall–Kier alpha value is -1.45. The van der Waals surface area contributed by atoms with Crippen molar-refractivity contribution in [2.45, 2.75) is 25.5 Å². The highest BCUT2D eigenvalue weighted by molar-refractivity contribution is 5.85. The summed E-state index contributed by atoms with van der Waals surface area (Å²) >= 11 is 0. The Labute approximate surface area is 107 Å². The molecule has 2 heterocycles. The summed E-state index contributed by atoms with van der Waals surface area (Å²) < 4.78 is 5.62. The molecule has 1 saturated heterocycles. The number of ether oxygens (including phenoxy) is 1. The molecule has 1 fully saturated rings. The molecule has 0 spiro atoms. The van der Waals surface area contributed by atoms with Crippen LogP contribution in [0.5, 0.6) is 0 Å². The lowest BCUT2D eigenvalue weighted by Gasteiger charge is -2.23. The molecule has 2 N–H and O–H groups in total. The standard InChI is InChI=1S/C15H18N2O/c1-10-12(6-7-18-10)15(16)14-9-17-8-11-4-2-3-5-13(11)14/h2-5,8-10,12,15H,6-7,16H2,1H3. The first-order chi connectivity index (χ1) is 8.77. The van der Waals surface area contributed by atoms with Gasteiger partial charge in [-0.1, -0.05) is 24.3 Å².